The van der Waals surface area contributed by atoms with Gasteiger partial charge in [0.15, 0.2) is 0 Å². The third-order valence-corrected chi connectivity index (χ3v) is 2.79. The minimum absolute atomic E-state index is 0.0591. The number of aliphatic carboxylic acids is 1. The van der Waals surface area contributed by atoms with E-state index >= 15 is 0 Å². The molecule has 1 atom stereocenters. The number of primary amides is 1. The average Bonchev–Trinajstić information content (AvgIpc) is 2.87. The number of carboxylic acids is 1. The van der Waals surface area contributed by atoms with Crippen LogP contribution in [-0.2, 0) is 16.0 Å². The molecule has 0 aromatic carbocycles. The van der Waals surface area contributed by atoms with Crippen LogP contribution in [0.25, 0.3) is 0 Å². The fraction of sp³-hybridized carbons (Fsp3) is 0.500. The van der Waals surface area contributed by atoms with Crippen LogP contribution >= 0.6 is 0 Å². The molecule has 0 bridgehead atoms. The van der Waals surface area contributed by atoms with E-state index in [4.69, 9.17) is 10.8 Å². The molecule has 0 unspecified atom stereocenters. The van der Waals surface area contributed by atoms with E-state index in [9.17, 15) is 14.4 Å². The Hall–Kier alpha value is -2.58. The third-order valence-electron chi connectivity index (χ3n) is 2.79. The molecule has 116 valence electrons. The van der Waals surface area contributed by atoms with Crippen molar-refractivity contribution in [3.63, 3.8) is 0 Å². The van der Waals surface area contributed by atoms with E-state index in [2.05, 4.69) is 15.3 Å². The number of carbonyl (C=O) groups is 3. The Morgan fingerprint density at radius 3 is 2.57 bits per heavy atom. The Labute approximate surface area is 121 Å². The van der Waals surface area contributed by atoms with E-state index in [1.54, 1.807) is 13.8 Å². The van der Waals surface area contributed by atoms with E-state index in [0.717, 1.165) is 0 Å². The highest BCUT2D eigenvalue weighted by atomic mass is 16.4. The highest BCUT2D eigenvalue weighted by molar-refractivity contribution is 5.86. The van der Waals surface area contributed by atoms with Gasteiger partial charge in [0.25, 0.3) is 0 Å². The zero-order valence-corrected chi connectivity index (χ0v) is 11.9. The number of aromatic amines is 1. The van der Waals surface area contributed by atoms with Gasteiger partial charge in [0.05, 0.1) is 6.33 Å². The minimum Gasteiger partial charge on any atom is -0.480 e. The summed E-state index contributed by atoms with van der Waals surface area (Å²) < 4.78 is 0. The molecule has 3 amide bonds. The second-order valence-electron chi connectivity index (χ2n) is 4.81. The molecule has 0 spiro atoms. The maximum absolute atomic E-state index is 12.1. The highest BCUT2D eigenvalue weighted by Crippen LogP contribution is 2.03. The first-order valence-electron chi connectivity index (χ1n) is 6.36. The van der Waals surface area contributed by atoms with Crippen LogP contribution in [0, 0.1) is 0 Å². The molecule has 5 N–H and O–H groups in total. The predicted octanol–water partition coefficient (Wildman–Crippen LogP) is -0.689. The summed E-state index contributed by atoms with van der Waals surface area (Å²) in [5.41, 5.74) is 5.66. The van der Waals surface area contributed by atoms with Crippen LogP contribution in [0.2, 0.25) is 0 Å². The SMILES string of the molecule is CC(C)N(CC(N)=O)C(=O)N[C@H](Cc1cnc[nH]1)C(=O)O. The van der Waals surface area contributed by atoms with Crippen LogP contribution in [0.5, 0.6) is 0 Å². The lowest BCUT2D eigenvalue weighted by atomic mass is 10.1. The summed E-state index contributed by atoms with van der Waals surface area (Å²) in [6.07, 6.45) is 2.96. The molecule has 1 rings (SSSR count). The molecule has 0 aliphatic carbocycles. The van der Waals surface area contributed by atoms with E-state index in [0.29, 0.717) is 5.69 Å². The molecule has 0 fully saturated rings. The van der Waals surface area contributed by atoms with Crippen LogP contribution in [0.3, 0.4) is 0 Å². The molecular formula is C12H19N5O4. The number of nitrogens with zero attached hydrogens (tertiary/aromatic N) is 2. The van der Waals surface area contributed by atoms with Crippen LogP contribution in [-0.4, -0.2) is 56.5 Å². The summed E-state index contributed by atoms with van der Waals surface area (Å²) >= 11 is 0. The normalized spacial score (nSPS) is 12.0. The molecule has 0 aliphatic heterocycles. The number of imidazole rings is 1. The number of nitrogens with one attached hydrogen (secondary N) is 2. The van der Waals surface area contributed by atoms with Crippen molar-refractivity contribution in [3.05, 3.63) is 18.2 Å². The summed E-state index contributed by atoms with van der Waals surface area (Å²) in [5, 5.41) is 11.5. The third kappa shape index (κ3) is 5.13. The summed E-state index contributed by atoms with van der Waals surface area (Å²) in [6.45, 7) is 3.13. The molecule has 0 radical (unpaired) electrons. The minimum atomic E-state index is -1.18. The van der Waals surface area contributed by atoms with Gasteiger partial charge in [-0.2, -0.15) is 0 Å². The van der Waals surface area contributed by atoms with Gasteiger partial charge in [-0.1, -0.05) is 0 Å². The molecule has 0 aliphatic rings. The number of nitrogens with two attached hydrogens (primary N) is 1. The Balaban J connectivity index is 2.74. The summed E-state index contributed by atoms with van der Waals surface area (Å²) in [4.78, 5) is 42.0. The van der Waals surface area contributed by atoms with Crippen molar-refractivity contribution < 1.29 is 19.5 Å². The van der Waals surface area contributed by atoms with Crippen molar-refractivity contribution in [2.75, 3.05) is 6.54 Å². The summed E-state index contributed by atoms with van der Waals surface area (Å²) in [6, 6.07) is -2.08. The quantitative estimate of drug-likeness (QED) is 0.527. The van der Waals surface area contributed by atoms with Crippen molar-refractivity contribution >= 4 is 17.9 Å². The van der Waals surface area contributed by atoms with Crippen LogP contribution in [0.1, 0.15) is 19.5 Å². The van der Waals surface area contributed by atoms with E-state index < -0.39 is 23.9 Å². The van der Waals surface area contributed by atoms with Crippen molar-refractivity contribution in [1.82, 2.24) is 20.2 Å². The maximum atomic E-state index is 12.1. The Morgan fingerprint density at radius 2 is 2.14 bits per heavy atom. The van der Waals surface area contributed by atoms with E-state index in [1.165, 1.54) is 17.4 Å². The molecule has 1 aromatic rings. The molecule has 0 saturated heterocycles. The number of rotatable bonds is 7. The topological polar surface area (TPSA) is 141 Å². The van der Waals surface area contributed by atoms with Gasteiger partial charge >= 0.3 is 12.0 Å². The van der Waals surface area contributed by atoms with Gasteiger partial charge in [-0.15, -0.1) is 0 Å². The van der Waals surface area contributed by atoms with Crippen molar-refractivity contribution in [2.45, 2.75) is 32.4 Å². The van der Waals surface area contributed by atoms with E-state index in [-0.39, 0.29) is 19.0 Å². The van der Waals surface area contributed by atoms with Crippen molar-refractivity contribution in [1.29, 1.82) is 0 Å². The zero-order chi connectivity index (χ0) is 16.0. The number of carbonyl (C=O) groups excluding carboxylic acids is 2. The first-order valence-corrected chi connectivity index (χ1v) is 6.36. The van der Waals surface area contributed by atoms with Gasteiger partial charge in [-0.05, 0) is 13.8 Å². The van der Waals surface area contributed by atoms with Crippen LogP contribution in [0.4, 0.5) is 4.79 Å². The molecule has 9 nitrogen and oxygen atoms in total. The summed E-state index contributed by atoms with van der Waals surface area (Å²) in [7, 11) is 0. The number of urea groups is 1. The van der Waals surface area contributed by atoms with Gasteiger partial charge in [0, 0.05) is 24.4 Å². The number of hydrogen-bond acceptors (Lipinski definition) is 4. The second kappa shape index (κ2) is 7.27. The average molecular weight is 297 g/mol. The van der Waals surface area contributed by atoms with Crippen molar-refractivity contribution in [3.8, 4) is 0 Å². The number of amides is 3. The zero-order valence-electron chi connectivity index (χ0n) is 11.9. The number of aromatic nitrogens is 2. The van der Waals surface area contributed by atoms with Crippen LogP contribution < -0.4 is 11.1 Å². The van der Waals surface area contributed by atoms with Gasteiger partial charge in [-0.25, -0.2) is 14.6 Å². The molecule has 0 saturated carbocycles. The first-order chi connectivity index (χ1) is 9.81. The van der Waals surface area contributed by atoms with Gasteiger partial charge in [0.1, 0.15) is 12.6 Å². The predicted molar refractivity (Wildman–Crippen MR) is 73.3 cm³/mol. The molecule has 1 aromatic heterocycles. The Morgan fingerprint density at radius 1 is 1.48 bits per heavy atom. The van der Waals surface area contributed by atoms with Crippen LogP contribution in [0.15, 0.2) is 12.5 Å². The fourth-order valence-electron chi connectivity index (χ4n) is 1.71. The lowest BCUT2D eigenvalue weighted by Crippen LogP contribution is -2.53. The summed E-state index contributed by atoms with van der Waals surface area (Å²) in [5.74, 6) is -1.85. The molecular weight excluding hydrogens is 278 g/mol. The smallest absolute Gasteiger partial charge is 0.326 e. The lowest BCUT2D eigenvalue weighted by molar-refractivity contribution is -0.139. The highest BCUT2D eigenvalue weighted by Gasteiger charge is 2.26. The van der Waals surface area contributed by atoms with Gasteiger partial charge in [-0.3, -0.25) is 4.79 Å². The number of H-pyrrole nitrogens is 1. The first kappa shape index (κ1) is 16.5. The molecule has 1 heterocycles. The Kier molecular flexibility index (Phi) is 5.70. The fourth-order valence-corrected chi connectivity index (χ4v) is 1.71. The largest absolute Gasteiger partial charge is 0.480 e. The van der Waals surface area contributed by atoms with Gasteiger partial charge in [0.2, 0.25) is 5.91 Å². The van der Waals surface area contributed by atoms with Crippen molar-refractivity contribution in [2.24, 2.45) is 5.73 Å². The lowest BCUT2D eigenvalue weighted by Gasteiger charge is -2.27. The number of hydrogen-bond donors (Lipinski definition) is 4. The molecule has 9 heteroatoms. The molecule has 21 heavy (non-hydrogen) atoms. The number of carboxylic acid groups (broad SMARTS) is 1. The maximum Gasteiger partial charge on any atom is 0.326 e. The second-order valence-corrected chi connectivity index (χ2v) is 4.81. The standard InChI is InChI=1S/C12H19N5O4/c1-7(2)17(5-10(13)18)12(21)16-9(11(19)20)3-8-4-14-6-15-8/h4,6-7,9H,3,5H2,1-2H3,(H2,13,18)(H,14,15)(H,16,21)(H,19,20)/t9-/m1/s1. The van der Waals surface area contributed by atoms with E-state index in [1.807, 2.05) is 0 Å². The Bertz CT molecular complexity index is 500. The van der Waals surface area contributed by atoms with Gasteiger partial charge < -0.3 is 26.0 Å². The monoisotopic (exact) mass is 297 g/mol.